The van der Waals surface area contributed by atoms with E-state index in [9.17, 15) is 14.0 Å². The van der Waals surface area contributed by atoms with Crippen molar-refractivity contribution in [2.24, 2.45) is 0 Å². The lowest BCUT2D eigenvalue weighted by atomic mass is 9.93. The van der Waals surface area contributed by atoms with Gasteiger partial charge in [-0.05, 0) is 50.2 Å². The van der Waals surface area contributed by atoms with Crippen LogP contribution in [0.3, 0.4) is 0 Å². The predicted molar refractivity (Wildman–Crippen MR) is 112 cm³/mol. The van der Waals surface area contributed by atoms with Crippen LogP contribution in [-0.2, 0) is 20.9 Å². The van der Waals surface area contributed by atoms with Gasteiger partial charge in [0.25, 0.3) is 0 Å². The first-order chi connectivity index (χ1) is 15.0. The van der Waals surface area contributed by atoms with Gasteiger partial charge in [0.2, 0.25) is 0 Å². The van der Waals surface area contributed by atoms with Gasteiger partial charge in [-0.25, -0.2) is 18.7 Å². The van der Waals surface area contributed by atoms with Gasteiger partial charge < -0.3 is 9.64 Å². The van der Waals surface area contributed by atoms with Crippen LogP contribution in [0.2, 0.25) is 0 Å². The predicted octanol–water partition coefficient (Wildman–Crippen LogP) is 3.40. The molecule has 0 atom stereocenters. The molecule has 0 fully saturated rings. The summed E-state index contributed by atoms with van der Waals surface area (Å²) in [7, 11) is 0. The first kappa shape index (κ1) is 20.3. The molecular weight excluding hydrogens is 399 g/mol. The molecule has 0 saturated carbocycles. The molecule has 0 radical (unpaired) electrons. The van der Waals surface area contributed by atoms with E-state index in [2.05, 4.69) is 10.3 Å². The first-order valence-electron chi connectivity index (χ1n) is 9.69. The second-order valence-electron chi connectivity index (χ2n) is 7.02. The highest BCUT2D eigenvalue weighted by molar-refractivity contribution is 6.16. The van der Waals surface area contributed by atoms with E-state index in [-0.39, 0.29) is 23.6 Å². The third kappa shape index (κ3) is 4.01. The molecule has 1 aliphatic rings. The Morgan fingerprint density at radius 1 is 1.19 bits per heavy atom. The maximum Gasteiger partial charge on any atom is 0.341 e. The molecule has 1 aliphatic heterocycles. The quantitative estimate of drug-likeness (QED) is 0.467. The zero-order chi connectivity index (χ0) is 22.0. The van der Waals surface area contributed by atoms with Crippen LogP contribution in [0.1, 0.15) is 23.7 Å². The van der Waals surface area contributed by atoms with Gasteiger partial charge in [0.05, 0.1) is 36.2 Å². The van der Waals surface area contributed by atoms with Gasteiger partial charge in [-0.3, -0.25) is 0 Å². The number of ether oxygens (including phenoxy) is 1. The summed E-state index contributed by atoms with van der Waals surface area (Å²) in [6, 6.07) is 11.5. The summed E-state index contributed by atoms with van der Waals surface area (Å²) in [6.07, 6.45) is 3.30. The Kier molecular flexibility index (Phi) is 5.47. The summed E-state index contributed by atoms with van der Waals surface area (Å²) < 4.78 is 19.9. The topological polar surface area (TPSA) is 77.3 Å². The van der Waals surface area contributed by atoms with Crippen molar-refractivity contribution in [1.29, 1.82) is 0 Å². The maximum atomic E-state index is 13.2. The molecule has 0 bridgehead atoms. The van der Waals surface area contributed by atoms with Crippen molar-refractivity contribution in [2.75, 3.05) is 11.5 Å². The van der Waals surface area contributed by atoms with Crippen molar-refractivity contribution >= 4 is 23.2 Å². The number of carbonyl (C=O) groups excluding carboxylic acids is 2. The molecule has 4 rings (SSSR count). The number of rotatable bonds is 5. The number of aryl methyl sites for hydroxylation is 1. The number of hydrogen-bond donors (Lipinski definition) is 0. The fourth-order valence-electron chi connectivity index (χ4n) is 3.41. The molecule has 0 aliphatic carbocycles. The lowest BCUT2D eigenvalue weighted by molar-refractivity contribution is -0.138. The number of fused-ring (bicyclic) bond motifs is 1. The van der Waals surface area contributed by atoms with Crippen molar-refractivity contribution in [3.63, 3.8) is 0 Å². The van der Waals surface area contributed by atoms with Crippen LogP contribution in [0.15, 0.2) is 60.4 Å². The lowest BCUT2D eigenvalue weighted by Gasteiger charge is -2.28. The largest absolute Gasteiger partial charge is 0.462 e. The standard InChI is InChI=1S/C23H19FN4O3/c1-3-31-23(30)20-13-27(22-9-4-15(2)10-19(22)21(20)14-29)11-17-12-28(26-25-17)18-7-5-16(24)6-8-18/h4-10,12-13H,3,11H2,1-2H3. The molecule has 156 valence electrons. The Labute approximate surface area is 178 Å². The molecule has 0 unspecified atom stereocenters. The molecule has 3 aromatic rings. The molecule has 0 spiro atoms. The molecule has 2 heterocycles. The SMILES string of the molecule is CCOC(=O)C1=CN(Cc2cn(-c3ccc(F)cc3)nn2)c2ccc(C)cc2C1=C=O. The average Bonchev–Trinajstić information content (AvgIpc) is 3.22. The van der Waals surface area contributed by atoms with Crippen LogP contribution >= 0.6 is 0 Å². The highest BCUT2D eigenvalue weighted by Crippen LogP contribution is 2.37. The van der Waals surface area contributed by atoms with Crippen LogP contribution in [0.5, 0.6) is 0 Å². The molecule has 31 heavy (non-hydrogen) atoms. The summed E-state index contributed by atoms with van der Waals surface area (Å²) in [5.74, 6) is 0.976. The number of anilines is 1. The summed E-state index contributed by atoms with van der Waals surface area (Å²) >= 11 is 0. The van der Waals surface area contributed by atoms with E-state index < -0.39 is 5.97 Å². The number of benzene rings is 2. The van der Waals surface area contributed by atoms with E-state index in [1.807, 2.05) is 36.0 Å². The smallest absolute Gasteiger partial charge is 0.341 e. The Hall–Kier alpha value is -4.03. The normalized spacial score (nSPS) is 12.8. The lowest BCUT2D eigenvalue weighted by Crippen LogP contribution is -2.25. The van der Waals surface area contributed by atoms with Crippen molar-refractivity contribution in [1.82, 2.24) is 15.0 Å². The minimum absolute atomic E-state index is 0.140. The second-order valence-corrected chi connectivity index (χ2v) is 7.02. The van der Waals surface area contributed by atoms with Crippen molar-refractivity contribution in [3.05, 3.63) is 83.1 Å². The van der Waals surface area contributed by atoms with E-state index in [0.717, 1.165) is 11.3 Å². The van der Waals surface area contributed by atoms with E-state index in [0.29, 0.717) is 23.5 Å². The highest BCUT2D eigenvalue weighted by Gasteiger charge is 2.29. The van der Waals surface area contributed by atoms with Crippen LogP contribution in [0.4, 0.5) is 10.1 Å². The van der Waals surface area contributed by atoms with E-state index in [1.54, 1.807) is 36.1 Å². The first-order valence-corrected chi connectivity index (χ1v) is 9.69. The summed E-state index contributed by atoms with van der Waals surface area (Å²) in [4.78, 5) is 26.0. The summed E-state index contributed by atoms with van der Waals surface area (Å²) in [6.45, 7) is 4.10. The maximum absolute atomic E-state index is 13.2. The van der Waals surface area contributed by atoms with Gasteiger partial charge in [-0.1, -0.05) is 16.8 Å². The van der Waals surface area contributed by atoms with Crippen LogP contribution in [0.25, 0.3) is 11.3 Å². The van der Waals surface area contributed by atoms with E-state index in [1.165, 1.54) is 12.1 Å². The fraction of sp³-hybridized carbons (Fsp3) is 0.174. The number of esters is 1. The molecule has 1 aromatic heterocycles. The number of carbonyl (C=O) groups is 1. The summed E-state index contributed by atoms with van der Waals surface area (Å²) in [5.41, 5.74) is 3.89. The summed E-state index contributed by atoms with van der Waals surface area (Å²) in [5, 5.41) is 8.30. The molecule has 0 amide bonds. The van der Waals surface area contributed by atoms with Gasteiger partial charge in [-0.15, -0.1) is 5.10 Å². The Morgan fingerprint density at radius 3 is 2.68 bits per heavy atom. The third-order valence-corrected chi connectivity index (χ3v) is 4.85. The highest BCUT2D eigenvalue weighted by atomic mass is 19.1. The van der Waals surface area contributed by atoms with Gasteiger partial charge in [0, 0.05) is 17.5 Å². The van der Waals surface area contributed by atoms with Crippen LogP contribution in [0, 0.1) is 12.7 Å². The monoisotopic (exact) mass is 418 g/mol. The fourth-order valence-corrected chi connectivity index (χ4v) is 3.41. The second kappa shape index (κ2) is 8.38. The van der Waals surface area contributed by atoms with Crippen LogP contribution in [-0.4, -0.2) is 33.5 Å². The van der Waals surface area contributed by atoms with Gasteiger partial charge in [-0.2, -0.15) is 0 Å². The number of hydrogen-bond acceptors (Lipinski definition) is 6. The molecular formula is C23H19FN4O3. The minimum atomic E-state index is -0.590. The average molecular weight is 418 g/mol. The van der Waals surface area contributed by atoms with E-state index in [4.69, 9.17) is 4.74 Å². The van der Waals surface area contributed by atoms with Crippen LogP contribution < -0.4 is 4.90 Å². The van der Waals surface area contributed by atoms with Crippen molar-refractivity contribution in [3.8, 4) is 5.69 Å². The number of halogens is 1. The number of aromatic nitrogens is 3. The Balaban J connectivity index is 1.71. The molecule has 8 heteroatoms. The van der Waals surface area contributed by atoms with E-state index >= 15 is 0 Å². The zero-order valence-electron chi connectivity index (χ0n) is 17.0. The molecule has 0 saturated heterocycles. The zero-order valence-corrected chi connectivity index (χ0v) is 17.0. The molecule has 2 aromatic carbocycles. The van der Waals surface area contributed by atoms with Gasteiger partial charge >= 0.3 is 5.97 Å². The van der Waals surface area contributed by atoms with Crippen molar-refractivity contribution < 1.29 is 18.7 Å². The van der Waals surface area contributed by atoms with Gasteiger partial charge in [0.15, 0.2) is 0 Å². The third-order valence-electron chi connectivity index (χ3n) is 4.85. The Morgan fingerprint density at radius 2 is 1.97 bits per heavy atom. The Bertz CT molecular complexity index is 1220. The number of nitrogens with zero attached hydrogens (tertiary/aromatic N) is 4. The van der Waals surface area contributed by atoms with Crippen molar-refractivity contribution in [2.45, 2.75) is 20.4 Å². The van der Waals surface area contributed by atoms with Gasteiger partial charge in [0.1, 0.15) is 17.5 Å². The minimum Gasteiger partial charge on any atom is -0.462 e. The molecule has 0 N–H and O–H groups in total. The molecule has 7 nitrogen and oxygen atoms in total.